The van der Waals surface area contributed by atoms with Gasteiger partial charge in [0.25, 0.3) is 0 Å². The zero-order valence-corrected chi connectivity index (χ0v) is 18.6. The Morgan fingerprint density at radius 1 is 0.742 bits per heavy atom. The fourth-order valence-corrected chi connectivity index (χ4v) is 3.51. The molecule has 0 amide bonds. The van der Waals surface area contributed by atoms with E-state index in [4.69, 9.17) is 10.3 Å². The third-order valence-corrected chi connectivity index (χ3v) is 5.22. The first kappa shape index (κ1) is 22.1. The highest BCUT2D eigenvalue weighted by Crippen LogP contribution is 2.34. The van der Waals surface area contributed by atoms with Gasteiger partial charge in [0, 0.05) is 50.4 Å². The van der Waals surface area contributed by atoms with Crippen LogP contribution < -0.4 is 14.5 Å². The Labute approximate surface area is 184 Å². The highest BCUT2D eigenvalue weighted by molar-refractivity contribution is 5.53. The zero-order chi connectivity index (χ0) is 22.2. The molecule has 0 unspecified atom stereocenters. The van der Waals surface area contributed by atoms with Crippen LogP contribution in [0, 0.1) is 0 Å². The summed E-state index contributed by atoms with van der Waals surface area (Å²) in [5, 5.41) is 3.50. The van der Waals surface area contributed by atoms with E-state index < -0.39 is 0 Å². The molecule has 6 nitrogen and oxygen atoms in total. The molecule has 0 aromatic heterocycles. The number of nitrogens with zero attached hydrogens (tertiary/aromatic N) is 5. The van der Waals surface area contributed by atoms with Gasteiger partial charge in [0.05, 0.1) is 13.2 Å². The fraction of sp³-hybridized carbons (Fsp3) is 0.280. The van der Waals surface area contributed by atoms with Crippen LogP contribution in [0.2, 0.25) is 0 Å². The molecule has 31 heavy (non-hydrogen) atoms. The van der Waals surface area contributed by atoms with Crippen molar-refractivity contribution in [3.8, 4) is 5.75 Å². The quantitative estimate of drug-likeness (QED) is 0.148. The Bertz CT molecular complexity index is 954. The Hall–Kier alpha value is -3.63. The van der Waals surface area contributed by atoms with Gasteiger partial charge in [-0.05, 0) is 58.6 Å². The number of benzene rings is 3. The standard InChI is InChI=1S/C25H29N5O/c1-29(2)22-11-5-19(6-12-22)25(20-7-13-23(14-8-20)30(3)4)21-9-15-24(16-10-21)31-18-17-27-28-26/h5-16,25H,17-18H2,1-4H3. The van der Waals surface area contributed by atoms with Gasteiger partial charge < -0.3 is 14.5 Å². The van der Waals surface area contributed by atoms with Crippen molar-refractivity contribution in [2.24, 2.45) is 5.11 Å². The minimum absolute atomic E-state index is 0.115. The van der Waals surface area contributed by atoms with E-state index in [0.717, 1.165) is 5.75 Å². The largest absolute Gasteiger partial charge is 0.493 e. The second-order valence-electron chi connectivity index (χ2n) is 7.78. The number of rotatable bonds is 9. The number of ether oxygens (including phenoxy) is 1. The summed E-state index contributed by atoms with van der Waals surface area (Å²) in [6.07, 6.45) is 0. The van der Waals surface area contributed by atoms with Gasteiger partial charge in [-0.25, -0.2) is 0 Å². The van der Waals surface area contributed by atoms with Crippen LogP contribution in [0.4, 0.5) is 11.4 Å². The first-order valence-electron chi connectivity index (χ1n) is 10.3. The highest BCUT2D eigenvalue weighted by Gasteiger charge is 2.17. The molecule has 0 aliphatic rings. The van der Waals surface area contributed by atoms with Gasteiger partial charge in [-0.1, -0.05) is 41.5 Å². The summed E-state index contributed by atoms with van der Waals surface area (Å²) in [4.78, 5) is 6.95. The minimum Gasteiger partial charge on any atom is -0.493 e. The molecule has 0 saturated heterocycles. The van der Waals surface area contributed by atoms with E-state index in [0.29, 0.717) is 13.2 Å². The molecule has 3 aromatic rings. The Kier molecular flexibility index (Phi) is 7.41. The molecular formula is C25H29N5O. The summed E-state index contributed by atoms with van der Waals surface area (Å²) in [5.74, 6) is 0.881. The van der Waals surface area contributed by atoms with Gasteiger partial charge in [0.1, 0.15) is 5.75 Å². The van der Waals surface area contributed by atoms with Crippen molar-refractivity contribution >= 4 is 11.4 Å². The third kappa shape index (κ3) is 5.71. The lowest BCUT2D eigenvalue weighted by Gasteiger charge is -2.22. The molecule has 3 aromatic carbocycles. The fourth-order valence-electron chi connectivity index (χ4n) is 3.51. The molecule has 0 spiro atoms. The van der Waals surface area contributed by atoms with Crippen molar-refractivity contribution in [1.82, 2.24) is 0 Å². The van der Waals surface area contributed by atoms with E-state index in [-0.39, 0.29) is 5.92 Å². The smallest absolute Gasteiger partial charge is 0.119 e. The van der Waals surface area contributed by atoms with Crippen molar-refractivity contribution in [1.29, 1.82) is 0 Å². The third-order valence-electron chi connectivity index (χ3n) is 5.22. The Morgan fingerprint density at radius 3 is 1.55 bits per heavy atom. The first-order chi connectivity index (χ1) is 15.0. The summed E-state index contributed by atoms with van der Waals surface area (Å²) in [5.41, 5.74) is 14.4. The maximum atomic E-state index is 8.37. The average molecular weight is 416 g/mol. The van der Waals surface area contributed by atoms with Gasteiger partial charge in [-0.2, -0.15) is 0 Å². The first-order valence-corrected chi connectivity index (χ1v) is 10.3. The Morgan fingerprint density at radius 2 is 1.16 bits per heavy atom. The van der Waals surface area contributed by atoms with Crippen molar-refractivity contribution in [3.05, 3.63) is 99.9 Å². The van der Waals surface area contributed by atoms with Gasteiger partial charge in [-0.15, -0.1) is 0 Å². The predicted molar refractivity (Wildman–Crippen MR) is 128 cm³/mol. The molecule has 0 aliphatic heterocycles. The van der Waals surface area contributed by atoms with Gasteiger partial charge in [0.15, 0.2) is 0 Å². The molecule has 0 fully saturated rings. The number of hydrogen-bond acceptors (Lipinski definition) is 4. The number of anilines is 2. The van der Waals surface area contributed by atoms with Crippen LogP contribution in [0.5, 0.6) is 5.75 Å². The second-order valence-corrected chi connectivity index (χ2v) is 7.78. The lowest BCUT2D eigenvalue weighted by atomic mass is 9.85. The predicted octanol–water partition coefficient (Wildman–Crippen LogP) is 5.69. The Balaban J connectivity index is 1.92. The van der Waals surface area contributed by atoms with Crippen LogP contribution in [-0.2, 0) is 0 Å². The SMILES string of the molecule is CN(C)c1ccc(C(c2ccc(OCCN=[N+]=[N-])cc2)c2ccc(N(C)C)cc2)cc1. The van der Waals surface area contributed by atoms with E-state index >= 15 is 0 Å². The van der Waals surface area contributed by atoms with Crippen molar-refractivity contribution in [3.63, 3.8) is 0 Å². The molecular weight excluding hydrogens is 386 g/mol. The molecule has 0 aliphatic carbocycles. The normalized spacial score (nSPS) is 10.5. The maximum absolute atomic E-state index is 8.37. The molecule has 160 valence electrons. The van der Waals surface area contributed by atoms with E-state index in [9.17, 15) is 0 Å². The van der Waals surface area contributed by atoms with Gasteiger partial charge >= 0.3 is 0 Å². The summed E-state index contributed by atoms with van der Waals surface area (Å²) < 4.78 is 5.66. The second kappa shape index (κ2) is 10.4. The zero-order valence-electron chi connectivity index (χ0n) is 18.6. The van der Waals surface area contributed by atoms with Crippen LogP contribution >= 0.6 is 0 Å². The molecule has 0 radical (unpaired) electrons. The van der Waals surface area contributed by atoms with Gasteiger partial charge in [0.2, 0.25) is 0 Å². The lowest BCUT2D eigenvalue weighted by molar-refractivity contribution is 0.328. The van der Waals surface area contributed by atoms with Crippen LogP contribution in [-0.4, -0.2) is 41.3 Å². The summed E-state index contributed by atoms with van der Waals surface area (Å²) >= 11 is 0. The number of hydrogen-bond donors (Lipinski definition) is 0. The van der Waals surface area contributed by atoms with Crippen LogP contribution in [0.15, 0.2) is 77.9 Å². The molecule has 0 saturated carbocycles. The maximum Gasteiger partial charge on any atom is 0.119 e. The highest BCUT2D eigenvalue weighted by atomic mass is 16.5. The van der Waals surface area contributed by atoms with E-state index in [1.807, 2.05) is 40.3 Å². The summed E-state index contributed by atoms with van der Waals surface area (Å²) in [6, 6.07) is 25.6. The molecule has 3 rings (SSSR count). The van der Waals surface area contributed by atoms with Crippen LogP contribution in [0.25, 0.3) is 10.4 Å². The topological polar surface area (TPSA) is 64.5 Å². The van der Waals surface area contributed by atoms with E-state index in [1.54, 1.807) is 0 Å². The minimum atomic E-state index is 0.115. The van der Waals surface area contributed by atoms with E-state index in [2.05, 4.69) is 80.5 Å². The summed E-state index contributed by atoms with van der Waals surface area (Å²) in [6.45, 7) is 0.683. The molecule has 0 heterocycles. The molecule has 0 N–H and O–H groups in total. The van der Waals surface area contributed by atoms with Gasteiger partial charge in [-0.3, -0.25) is 0 Å². The van der Waals surface area contributed by atoms with Crippen LogP contribution in [0.1, 0.15) is 22.6 Å². The molecule has 0 atom stereocenters. The summed E-state index contributed by atoms with van der Waals surface area (Å²) in [7, 11) is 8.19. The molecule has 0 bridgehead atoms. The number of azide groups is 1. The lowest BCUT2D eigenvalue weighted by Crippen LogP contribution is -2.10. The van der Waals surface area contributed by atoms with Crippen molar-refractivity contribution < 1.29 is 4.74 Å². The molecule has 6 heteroatoms. The van der Waals surface area contributed by atoms with Crippen LogP contribution in [0.3, 0.4) is 0 Å². The average Bonchev–Trinajstić information content (AvgIpc) is 2.78. The van der Waals surface area contributed by atoms with E-state index in [1.165, 1.54) is 28.1 Å². The van der Waals surface area contributed by atoms with Crippen molar-refractivity contribution in [2.45, 2.75) is 5.92 Å². The monoisotopic (exact) mass is 415 g/mol. The van der Waals surface area contributed by atoms with Crippen molar-refractivity contribution in [2.75, 3.05) is 51.1 Å².